The molecule has 3 heteroatoms. The number of methoxy groups -OCH3 is 1. The van der Waals surface area contributed by atoms with Crippen LogP contribution in [0.4, 0.5) is 4.39 Å². The molecule has 0 bridgehead atoms. The van der Waals surface area contributed by atoms with Gasteiger partial charge in [0.15, 0.2) is 11.6 Å². The number of benzene rings is 1. The van der Waals surface area contributed by atoms with Crippen molar-refractivity contribution in [2.24, 2.45) is 5.92 Å². The summed E-state index contributed by atoms with van der Waals surface area (Å²) >= 11 is 0. The van der Waals surface area contributed by atoms with Crippen molar-refractivity contribution < 1.29 is 14.2 Å². The molecule has 1 N–H and O–H groups in total. The van der Waals surface area contributed by atoms with Crippen LogP contribution in [-0.2, 0) is 0 Å². The van der Waals surface area contributed by atoms with E-state index >= 15 is 0 Å². The molecular formula is C11H13FO2. The Labute approximate surface area is 82.3 Å². The summed E-state index contributed by atoms with van der Waals surface area (Å²) < 4.78 is 18.1. The predicted octanol–water partition coefficient (Wildman–Crippen LogP) is 1.93. The first-order valence-corrected chi connectivity index (χ1v) is 4.70. The van der Waals surface area contributed by atoms with Gasteiger partial charge in [0.25, 0.3) is 0 Å². The standard InChI is InChI=1S/C11H13FO2/c1-14-11-3-2-7(5-10(11)12)9-4-8(9)6-13/h2-3,5,8-9,13H,4,6H2,1H3/t8-,9+/m1/s1. The highest BCUT2D eigenvalue weighted by molar-refractivity contribution is 5.34. The minimum atomic E-state index is -0.325. The van der Waals surface area contributed by atoms with Crippen molar-refractivity contribution in [3.05, 3.63) is 29.6 Å². The fourth-order valence-electron chi connectivity index (χ4n) is 1.77. The molecule has 0 radical (unpaired) electrons. The van der Waals surface area contributed by atoms with Crippen molar-refractivity contribution >= 4 is 0 Å². The second-order valence-electron chi connectivity index (χ2n) is 3.68. The molecule has 76 valence electrons. The van der Waals surface area contributed by atoms with E-state index in [4.69, 9.17) is 9.84 Å². The van der Waals surface area contributed by atoms with E-state index in [9.17, 15) is 4.39 Å². The molecule has 1 aliphatic rings. The van der Waals surface area contributed by atoms with Gasteiger partial charge < -0.3 is 9.84 Å². The number of ether oxygens (including phenoxy) is 1. The third-order valence-corrected chi connectivity index (χ3v) is 2.76. The van der Waals surface area contributed by atoms with Gasteiger partial charge in [-0.2, -0.15) is 0 Å². The van der Waals surface area contributed by atoms with Crippen molar-refractivity contribution in [2.45, 2.75) is 12.3 Å². The maximum atomic E-state index is 13.3. The first kappa shape index (κ1) is 9.46. The molecular weight excluding hydrogens is 183 g/mol. The zero-order valence-electron chi connectivity index (χ0n) is 8.03. The van der Waals surface area contributed by atoms with E-state index in [1.807, 2.05) is 6.07 Å². The summed E-state index contributed by atoms with van der Waals surface area (Å²) in [6.07, 6.45) is 0.961. The smallest absolute Gasteiger partial charge is 0.165 e. The van der Waals surface area contributed by atoms with Crippen molar-refractivity contribution in [1.29, 1.82) is 0 Å². The lowest BCUT2D eigenvalue weighted by atomic mass is 10.1. The molecule has 14 heavy (non-hydrogen) atoms. The Morgan fingerprint density at radius 2 is 2.36 bits per heavy atom. The number of aliphatic hydroxyl groups is 1. The molecule has 0 amide bonds. The van der Waals surface area contributed by atoms with Gasteiger partial charge in [-0.3, -0.25) is 0 Å². The average molecular weight is 196 g/mol. The normalized spacial score (nSPS) is 24.8. The summed E-state index contributed by atoms with van der Waals surface area (Å²) in [5.41, 5.74) is 0.961. The third kappa shape index (κ3) is 1.60. The largest absolute Gasteiger partial charge is 0.494 e. The molecule has 0 spiro atoms. The van der Waals surface area contributed by atoms with E-state index < -0.39 is 0 Å². The Hall–Kier alpha value is -1.09. The van der Waals surface area contributed by atoms with Crippen molar-refractivity contribution in [3.63, 3.8) is 0 Å². The molecule has 0 heterocycles. The molecule has 1 fully saturated rings. The maximum Gasteiger partial charge on any atom is 0.165 e. The first-order chi connectivity index (χ1) is 6.76. The van der Waals surface area contributed by atoms with Gasteiger partial charge in [0, 0.05) is 6.61 Å². The average Bonchev–Trinajstić information content (AvgIpc) is 2.96. The maximum absolute atomic E-state index is 13.3. The van der Waals surface area contributed by atoms with Gasteiger partial charge in [0.2, 0.25) is 0 Å². The van der Waals surface area contributed by atoms with Crippen molar-refractivity contribution in [1.82, 2.24) is 0 Å². The molecule has 1 aliphatic carbocycles. The zero-order valence-corrected chi connectivity index (χ0v) is 8.03. The zero-order chi connectivity index (χ0) is 10.1. The van der Waals surface area contributed by atoms with E-state index in [0.717, 1.165) is 12.0 Å². The van der Waals surface area contributed by atoms with E-state index in [2.05, 4.69) is 0 Å². The van der Waals surface area contributed by atoms with Crippen LogP contribution in [0.15, 0.2) is 18.2 Å². The number of halogens is 1. The molecule has 2 nitrogen and oxygen atoms in total. The lowest BCUT2D eigenvalue weighted by Crippen LogP contribution is -1.92. The number of hydrogen-bond donors (Lipinski definition) is 1. The van der Waals surface area contributed by atoms with Gasteiger partial charge in [-0.05, 0) is 36.0 Å². The van der Waals surface area contributed by atoms with Gasteiger partial charge in [0.05, 0.1) is 7.11 Å². The summed E-state index contributed by atoms with van der Waals surface area (Å²) in [5, 5.41) is 8.89. The highest BCUT2D eigenvalue weighted by Gasteiger charge is 2.37. The van der Waals surface area contributed by atoms with Crippen LogP contribution in [-0.4, -0.2) is 18.8 Å². The lowest BCUT2D eigenvalue weighted by Gasteiger charge is -2.04. The molecule has 1 aromatic carbocycles. The summed E-state index contributed by atoms with van der Waals surface area (Å²) in [6.45, 7) is 0.193. The van der Waals surface area contributed by atoms with Crippen LogP contribution in [0.25, 0.3) is 0 Å². The quantitative estimate of drug-likeness (QED) is 0.800. The molecule has 0 aromatic heterocycles. The Morgan fingerprint density at radius 1 is 1.57 bits per heavy atom. The molecule has 2 rings (SSSR count). The third-order valence-electron chi connectivity index (χ3n) is 2.76. The molecule has 1 saturated carbocycles. The minimum absolute atomic E-state index is 0.193. The highest BCUT2D eigenvalue weighted by atomic mass is 19.1. The minimum Gasteiger partial charge on any atom is -0.494 e. The lowest BCUT2D eigenvalue weighted by molar-refractivity contribution is 0.274. The Morgan fingerprint density at radius 3 is 2.86 bits per heavy atom. The van der Waals surface area contributed by atoms with Crippen LogP contribution in [0, 0.1) is 11.7 Å². The van der Waals surface area contributed by atoms with Gasteiger partial charge in [0.1, 0.15) is 0 Å². The van der Waals surface area contributed by atoms with E-state index in [1.165, 1.54) is 13.2 Å². The van der Waals surface area contributed by atoms with Crippen LogP contribution in [0.5, 0.6) is 5.75 Å². The van der Waals surface area contributed by atoms with E-state index in [0.29, 0.717) is 11.8 Å². The van der Waals surface area contributed by atoms with Gasteiger partial charge in [-0.1, -0.05) is 6.07 Å². The first-order valence-electron chi connectivity index (χ1n) is 4.70. The van der Waals surface area contributed by atoms with Gasteiger partial charge in [-0.15, -0.1) is 0 Å². The van der Waals surface area contributed by atoms with Crippen molar-refractivity contribution in [3.8, 4) is 5.75 Å². The second-order valence-corrected chi connectivity index (χ2v) is 3.68. The van der Waals surface area contributed by atoms with Gasteiger partial charge in [-0.25, -0.2) is 4.39 Å². The van der Waals surface area contributed by atoms with Crippen LogP contribution >= 0.6 is 0 Å². The van der Waals surface area contributed by atoms with Crippen LogP contribution < -0.4 is 4.74 Å². The van der Waals surface area contributed by atoms with Gasteiger partial charge >= 0.3 is 0 Å². The summed E-state index contributed by atoms with van der Waals surface area (Å²) in [7, 11) is 1.45. The molecule has 2 atom stereocenters. The Balaban J connectivity index is 2.17. The second kappa shape index (κ2) is 3.58. The Bertz CT molecular complexity index is 338. The topological polar surface area (TPSA) is 29.5 Å². The number of hydrogen-bond acceptors (Lipinski definition) is 2. The van der Waals surface area contributed by atoms with Crippen LogP contribution in [0.1, 0.15) is 17.9 Å². The molecule has 0 unspecified atom stereocenters. The fourth-order valence-corrected chi connectivity index (χ4v) is 1.77. The van der Waals surface area contributed by atoms with E-state index in [1.54, 1.807) is 6.07 Å². The monoisotopic (exact) mass is 196 g/mol. The van der Waals surface area contributed by atoms with Crippen LogP contribution in [0.2, 0.25) is 0 Å². The summed E-state index contributed by atoms with van der Waals surface area (Å²) in [5.74, 6) is 0.603. The molecule has 0 saturated heterocycles. The van der Waals surface area contributed by atoms with Crippen LogP contribution in [0.3, 0.4) is 0 Å². The van der Waals surface area contributed by atoms with Crippen molar-refractivity contribution in [2.75, 3.05) is 13.7 Å². The molecule has 1 aromatic rings. The number of aliphatic hydroxyl groups excluding tert-OH is 1. The summed E-state index contributed by atoms with van der Waals surface area (Å²) in [6, 6.07) is 5.00. The highest BCUT2D eigenvalue weighted by Crippen LogP contribution is 2.47. The van der Waals surface area contributed by atoms with E-state index in [-0.39, 0.29) is 18.2 Å². The SMILES string of the molecule is COc1ccc([C@@H]2C[C@@H]2CO)cc1F. The molecule has 0 aliphatic heterocycles. The fraction of sp³-hybridized carbons (Fsp3) is 0.455. The number of rotatable bonds is 3. The predicted molar refractivity (Wildman–Crippen MR) is 50.9 cm³/mol. The Kier molecular flexibility index (Phi) is 2.42. The summed E-state index contributed by atoms with van der Waals surface area (Å²) in [4.78, 5) is 0.